The highest BCUT2D eigenvalue weighted by Gasteiger charge is 2.25. The maximum Gasteiger partial charge on any atom is 0.352 e. The van der Waals surface area contributed by atoms with Gasteiger partial charge in [-0.3, -0.25) is 0 Å². The Bertz CT molecular complexity index is 1060. The van der Waals surface area contributed by atoms with Crippen LogP contribution in [0.3, 0.4) is 0 Å². The van der Waals surface area contributed by atoms with E-state index in [0.717, 1.165) is 62.9 Å². The minimum absolute atomic E-state index is 0. The molecule has 3 aromatic heterocycles. The van der Waals surface area contributed by atoms with Gasteiger partial charge in [0.1, 0.15) is 17.2 Å². The van der Waals surface area contributed by atoms with Crippen LogP contribution in [0.15, 0.2) is 30.6 Å². The van der Waals surface area contributed by atoms with Crippen molar-refractivity contribution in [3.05, 3.63) is 36.3 Å². The molecule has 164 valence electrons. The summed E-state index contributed by atoms with van der Waals surface area (Å²) in [6.07, 6.45) is 7.72. The number of halogens is 1. The van der Waals surface area contributed by atoms with Gasteiger partial charge in [-0.25, -0.2) is 14.8 Å². The Hall–Kier alpha value is -2.91. The van der Waals surface area contributed by atoms with Crippen molar-refractivity contribution in [1.82, 2.24) is 24.8 Å². The average Bonchev–Trinajstić information content (AvgIpc) is 3.42. The number of carboxylic acids is 1. The molecule has 0 amide bonds. The topological polar surface area (TPSA) is 108 Å². The van der Waals surface area contributed by atoms with Crippen molar-refractivity contribution in [2.75, 3.05) is 36.4 Å². The van der Waals surface area contributed by atoms with E-state index in [4.69, 9.17) is 0 Å². The first kappa shape index (κ1) is 21.3. The number of aromatic nitrogens is 4. The molecule has 9 nitrogen and oxygen atoms in total. The number of rotatable bonds is 5. The van der Waals surface area contributed by atoms with E-state index in [1.54, 1.807) is 12.3 Å². The lowest BCUT2D eigenvalue weighted by molar-refractivity contribution is 0.0683. The van der Waals surface area contributed by atoms with Crippen molar-refractivity contribution in [2.24, 2.45) is 0 Å². The van der Waals surface area contributed by atoms with E-state index in [0.29, 0.717) is 17.4 Å². The molecule has 10 heteroatoms. The van der Waals surface area contributed by atoms with Gasteiger partial charge in [0, 0.05) is 43.8 Å². The zero-order chi connectivity index (χ0) is 20.5. The number of aromatic carboxylic acids is 1. The van der Waals surface area contributed by atoms with E-state index in [1.807, 2.05) is 22.9 Å². The number of hydrogen-bond acceptors (Lipinski definition) is 7. The van der Waals surface area contributed by atoms with Crippen LogP contribution in [0.25, 0.3) is 11.0 Å². The van der Waals surface area contributed by atoms with Crippen LogP contribution in [-0.4, -0.2) is 56.8 Å². The van der Waals surface area contributed by atoms with Gasteiger partial charge in [-0.05, 0) is 31.0 Å². The predicted molar refractivity (Wildman–Crippen MR) is 122 cm³/mol. The van der Waals surface area contributed by atoms with Crippen molar-refractivity contribution in [2.45, 2.75) is 31.7 Å². The monoisotopic (exact) mass is 443 g/mol. The lowest BCUT2D eigenvalue weighted by atomic mass is 10.2. The molecule has 1 aliphatic carbocycles. The Morgan fingerprint density at radius 1 is 1.13 bits per heavy atom. The molecule has 3 aromatic rings. The zero-order valence-electron chi connectivity index (χ0n) is 17.1. The van der Waals surface area contributed by atoms with Crippen LogP contribution in [0, 0.1) is 0 Å². The summed E-state index contributed by atoms with van der Waals surface area (Å²) in [5.74, 6) is 0.143. The fraction of sp³-hybridized carbons (Fsp3) is 0.429. The minimum atomic E-state index is -0.931. The second-order valence-corrected chi connectivity index (χ2v) is 7.88. The number of carboxylic acid groups (broad SMARTS) is 1. The first-order chi connectivity index (χ1) is 14.7. The van der Waals surface area contributed by atoms with Gasteiger partial charge in [0.15, 0.2) is 0 Å². The van der Waals surface area contributed by atoms with E-state index >= 15 is 0 Å². The van der Waals surface area contributed by atoms with Crippen LogP contribution >= 0.6 is 12.4 Å². The smallest absolute Gasteiger partial charge is 0.352 e. The molecule has 31 heavy (non-hydrogen) atoms. The Kier molecular flexibility index (Phi) is 6.24. The first-order valence-corrected chi connectivity index (χ1v) is 10.5. The molecule has 0 atom stereocenters. The molecular weight excluding hydrogens is 418 g/mol. The molecule has 0 radical (unpaired) electrons. The summed E-state index contributed by atoms with van der Waals surface area (Å²) in [7, 11) is 0. The molecule has 1 saturated carbocycles. The van der Waals surface area contributed by atoms with Gasteiger partial charge in [-0.15, -0.1) is 12.4 Å². The van der Waals surface area contributed by atoms with E-state index in [1.165, 1.54) is 0 Å². The third kappa shape index (κ3) is 4.28. The summed E-state index contributed by atoms with van der Waals surface area (Å²) in [6.45, 7) is 3.90. The summed E-state index contributed by atoms with van der Waals surface area (Å²) in [5, 5.41) is 16.9. The first-order valence-electron chi connectivity index (χ1n) is 10.5. The number of nitrogens with one attached hydrogen (secondary N) is 2. The summed E-state index contributed by atoms with van der Waals surface area (Å²) in [4.78, 5) is 27.6. The van der Waals surface area contributed by atoms with E-state index < -0.39 is 5.97 Å². The maximum absolute atomic E-state index is 11.8. The fourth-order valence-electron chi connectivity index (χ4n) is 4.45. The normalized spacial score (nSPS) is 17.0. The largest absolute Gasteiger partial charge is 0.477 e. The summed E-state index contributed by atoms with van der Waals surface area (Å²) in [6, 6.07) is 5.81. The third-order valence-electron chi connectivity index (χ3n) is 5.95. The van der Waals surface area contributed by atoms with Crippen molar-refractivity contribution in [3.8, 4) is 0 Å². The predicted octanol–water partition coefficient (Wildman–Crippen LogP) is 3.21. The van der Waals surface area contributed by atoms with Crippen LogP contribution in [-0.2, 0) is 0 Å². The van der Waals surface area contributed by atoms with Crippen molar-refractivity contribution >= 4 is 46.9 Å². The van der Waals surface area contributed by atoms with Crippen LogP contribution in [0.2, 0.25) is 0 Å². The van der Waals surface area contributed by atoms with E-state index in [9.17, 15) is 9.90 Å². The molecule has 4 heterocycles. The van der Waals surface area contributed by atoms with Crippen molar-refractivity contribution in [1.29, 1.82) is 0 Å². The Morgan fingerprint density at radius 3 is 2.58 bits per heavy atom. The highest BCUT2D eigenvalue weighted by atomic mass is 35.5. The number of pyridine rings is 1. The second-order valence-electron chi connectivity index (χ2n) is 7.88. The van der Waals surface area contributed by atoms with Gasteiger partial charge in [0.2, 0.25) is 5.95 Å². The van der Waals surface area contributed by atoms with Gasteiger partial charge < -0.3 is 25.2 Å². The standard InChI is InChI=1S/C21H25N7O2.ClH/c29-20(30)17-11-14-12-24-21(26-19(14)28(17)15-3-1-2-4-15)25-18-6-5-16(13-23-18)27-9-7-22-8-10-27;/h5-6,11-13,15,22H,1-4,7-10H2,(H,29,30)(H,23,24,25,26);1H. The third-order valence-corrected chi connectivity index (χ3v) is 5.95. The molecule has 1 aliphatic heterocycles. The molecular formula is C21H26ClN7O2. The maximum atomic E-state index is 11.8. The quantitative estimate of drug-likeness (QED) is 0.551. The minimum Gasteiger partial charge on any atom is -0.477 e. The summed E-state index contributed by atoms with van der Waals surface area (Å²) in [5.41, 5.74) is 2.04. The van der Waals surface area contributed by atoms with E-state index in [-0.39, 0.29) is 24.1 Å². The number of piperazine rings is 1. The Labute approximate surface area is 186 Å². The molecule has 5 rings (SSSR count). The molecule has 0 unspecified atom stereocenters. The highest BCUT2D eigenvalue weighted by Crippen LogP contribution is 2.34. The van der Waals surface area contributed by atoms with Gasteiger partial charge >= 0.3 is 5.97 Å². The molecule has 2 fully saturated rings. The molecule has 0 aromatic carbocycles. The van der Waals surface area contributed by atoms with Gasteiger partial charge in [-0.1, -0.05) is 12.8 Å². The number of carbonyl (C=O) groups is 1. The Morgan fingerprint density at radius 2 is 1.90 bits per heavy atom. The van der Waals surface area contributed by atoms with Crippen molar-refractivity contribution in [3.63, 3.8) is 0 Å². The SMILES string of the molecule is Cl.O=C(O)c1cc2cnc(Nc3ccc(N4CCNCC4)cn3)nc2n1C1CCCC1. The molecule has 3 N–H and O–H groups in total. The molecule has 2 aliphatic rings. The van der Waals surface area contributed by atoms with Gasteiger partial charge in [0.25, 0.3) is 0 Å². The zero-order valence-corrected chi connectivity index (χ0v) is 17.9. The second kappa shape index (κ2) is 9.07. The van der Waals surface area contributed by atoms with Crippen LogP contribution in [0.5, 0.6) is 0 Å². The molecule has 1 saturated heterocycles. The lowest BCUT2D eigenvalue weighted by Crippen LogP contribution is -2.43. The van der Waals surface area contributed by atoms with Crippen LogP contribution < -0.4 is 15.5 Å². The number of nitrogens with zero attached hydrogens (tertiary/aromatic N) is 5. The number of fused-ring (bicyclic) bond motifs is 1. The summed E-state index contributed by atoms with van der Waals surface area (Å²) >= 11 is 0. The summed E-state index contributed by atoms with van der Waals surface area (Å²) < 4.78 is 1.87. The van der Waals surface area contributed by atoms with Crippen molar-refractivity contribution < 1.29 is 9.90 Å². The van der Waals surface area contributed by atoms with Crippen LogP contribution in [0.1, 0.15) is 42.2 Å². The van der Waals surface area contributed by atoms with Gasteiger partial charge in [0.05, 0.1) is 11.9 Å². The molecule has 0 spiro atoms. The highest BCUT2D eigenvalue weighted by molar-refractivity contribution is 5.93. The molecule has 0 bridgehead atoms. The van der Waals surface area contributed by atoms with E-state index in [2.05, 4.69) is 30.5 Å². The number of anilines is 3. The number of hydrogen-bond donors (Lipinski definition) is 3. The van der Waals surface area contributed by atoms with Crippen LogP contribution in [0.4, 0.5) is 17.5 Å². The fourth-order valence-corrected chi connectivity index (χ4v) is 4.45. The van der Waals surface area contributed by atoms with Gasteiger partial charge in [-0.2, -0.15) is 4.98 Å². The lowest BCUT2D eigenvalue weighted by Gasteiger charge is -2.29. The average molecular weight is 444 g/mol. The Balaban J connectivity index is 0.00000231.